The minimum atomic E-state index is -0.458. The van der Waals surface area contributed by atoms with Gasteiger partial charge in [0.2, 0.25) is 0 Å². The first-order valence-corrected chi connectivity index (χ1v) is 6.81. The zero-order valence-electron chi connectivity index (χ0n) is 11.9. The number of amides is 1. The van der Waals surface area contributed by atoms with Crippen LogP contribution in [0.3, 0.4) is 0 Å². The Morgan fingerprint density at radius 3 is 2.50 bits per heavy atom. The Labute approximate surface area is 109 Å². The lowest BCUT2D eigenvalue weighted by atomic mass is 10.00. The van der Waals surface area contributed by atoms with Crippen LogP contribution in [-0.2, 0) is 9.53 Å². The van der Waals surface area contributed by atoms with E-state index in [1.807, 2.05) is 27.7 Å². The van der Waals surface area contributed by atoms with Gasteiger partial charge in [0.05, 0.1) is 0 Å². The molecule has 0 aromatic carbocycles. The predicted molar refractivity (Wildman–Crippen MR) is 70.4 cm³/mol. The molecule has 4 nitrogen and oxygen atoms in total. The molecule has 104 valence electrons. The van der Waals surface area contributed by atoms with E-state index < -0.39 is 5.60 Å². The minimum absolute atomic E-state index is 0.162. The van der Waals surface area contributed by atoms with Gasteiger partial charge in [0.25, 0.3) is 0 Å². The molecule has 0 aliphatic heterocycles. The molecule has 1 N–H and O–H groups in total. The van der Waals surface area contributed by atoms with Crippen LogP contribution in [0.4, 0.5) is 4.79 Å². The van der Waals surface area contributed by atoms with Gasteiger partial charge >= 0.3 is 6.09 Å². The van der Waals surface area contributed by atoms with Gasteiger partial charge in [-0.25, -0.2) is 4.79 Å². The summed E-state index contributed by atoms with van der Waals surface area (Å²) in [5.74, 6) is 0.746. The van der Waals surface area contributed by atoms with E-state index >= 15 is 0 Å². The standard InChI is InChI=1S/C14H25NO3/c1-5-12(16)9-10-6-7-11(8-10)15-13(17)18-14(2,3)4/h10-11H,5-9H2,1-4H3,(H,15,17)/t10-,11+/m0/s1. The van der Waals surface area contributed by atoms with Gasteiger partial charge < -0.3 is 10.1 Å². The summed E-state index contributed by atoms with van der Waals surface area (Å²) in [6, 6.07) is 0.162. The molecule has 0 radical (unpaired) electrons. The van der Waals surface area contributed by atoms with E-state index in [0.29, 0.717) is 24.5 Å². The largest absolute Gasteiger partial charge is 0.444 e. The lowest BCUT2D eigenvalue weighted by Crippen LogP contribution is -2.38. The smallest absolute Gasteiger partial charge is 0.407 e. The summed E-state index contributed by atoms with van der Waals surface area (Å²) in [6.07, 6.45) is 3.77. The van der Waals surface area contributed by atoms with Crippen LogP contribution in [0.15, 0.2) is 0 Å². The lowest BCUT2D eigenvalue weighted by Gasteiger charge is -2.21. The molecular formula is C14H25NO3. The highest BCUT2D eigenvalue weighted by Gasteiger charge is 2.28. The number of Topliss-reactive ketones (excluding diaryl/α,β-unsaturated/α-hetero) is 1. The third-order valence-electron chi connectivity index (χ3n) is 3.17. The molecule has 18 heavy (non-hydrogen) atoms. The van der Waals surface area contributed by atoms with Crippen LogP contribution in [0.5, 0.6) is 0 Å². The normalized spacial score (nSPS) is 23.8. The van der Waals surface area contributed by atoms with Crippen LogP contribution < -0.4 is 5.32 Å². The quantitative estimate of drug-likeness (QED) is 0.840. The molecular weight excluding hydrogens is 230 g/mol. The van der Waals surface area contributed by atoms with Gasteiger partial charge in [-0.05, 0) is 46.0 Å². The van der Waals surface area contributed by atoms with Gasteiger partial charge in [-0.3, -0.25) is 4.79 Å². The highest BCUT2D eigenvalue weighted by molar-refractivity contribution is 5.78. The molecule has 1 saturated carbocycles. The van der Waals surface area contributed by atoms with E-state index in [-0.39, 0.29) is 12.1 Å². The van der Waals surface area contributed by atoms with Crippen LogP contribution in [0, 0.1) is 5.92 Å². The molecule has 0 bridgehead atoms. The van der Waals surface area contributed by atoms with Gasteiger partial charge in [-0.2, -0.15) is 0 Å². The van der Waals surface area contributed by atoms with Crippen molar-refractivity contribution in [3.05, 3.63) is 0 Å². The zero-order chi connectivity index (χ0) is 13.8. The third kappa shape index (κ3) is 5.52. The van der Waals surface area contributed by atoms with E-state index in [1.54, 1.807) is 0 Å². The number of ether oxygens (including phenoxy) is 1. The summed E-state index contributed by atoms with van der Waals surface area (Å²) in [7, 11) is 0. The fourth-order valence-corrected chi connectivity index (χ4v) is 2.33. The molecule has 1 rings (SSSR count). The van der Waals surface area contributed by atoms with E-state index in [9.17, 15) is 9.59 Å². The second kappa shape index (κ2) is 6.21. The maximum atomic E-state index is 11.6. The molecule has 0 aromatic rings. The van der Waals surface area contributed by atoms with Crippen molar-refractivity contribution in [3.8, 4) is 0 Å². The van der Waals surface area contributed by atoms with Gasteiger partial charge in [-0.15, -0.1) is 0 Å². The van der Waals surface area contributed by atoms with Crippen molar-refractivity contribution in [1.29, 1.82) is 0 Å². The van der Waals surface area contributed by atoms with Crippen molar-refractivity contribution in [2.75, 3.05) is 0 Å². The van der Waals surface area contributed by atoms with Gasteiger partial charge in [0.1, 0.15) is 11.4 Å². The van der Waals surface area contributed by atoms with Crippen molar-refractivity contribution in [2.24, 2.45) is 5.92 Å². The Balaban J connectivity index is 2.30. The lowest BCUT2D eigenvalue weighted by molar-refractivity contribution is -0.119. The number of hydrogen-bond donors (Lipinski definition) is 1. The second-order valence-electron chi connectivity index (χ2n) is 6.12. The maximum absolute atomic E-state index is 11.6. The number of carbonyl (C=O) groups is 2. The molecule has 4 heteroatoms. The van der Waals surface area contributed by atoms with Gasteiger partial charge in [-0.1, -0.05) is 6.92 Å². The average Bonchev–Trinajstić information content (AvgIpc) is 2.62. The molecule has 0 spiro atoms. The summed E-state index contributed by atoms with van der Waals surface area (Å²) < 4.78 is 5.22. The molecule has 1 fully saturated rings. The molecule has 0 unspecified atom stereocenters. The van der Waals surface area contributed by atoms with Crippen LogP contribution in [-0.4, -0.2) is 23.5 Å². The minimum Gasteiger partial charge on any atom is -0.444 e. The molecule has 0 aromatic heterocycles. The number of nitrogens with one attached hydrogen (secondary N) is 1. The summed E-state index contributed by atoms with van der Waals surface area (Å²) in [4.78, 5) is 23.0. The summed E-state index contributed by atoms with van der Waals surface area (Å²) in [5.41, 5.74) is -0.458. The van der Waals surface area contributed by atoms with E-state index in [1.165, 1.54) is 0 Å². The van der Waals surface area contributed by atoms with E-state index in [2.05, 4.69) is 5.32 Å². The summed E-state index contributed by atoms with van der Waals surface area (Å²) >= 11 is 0. The highest BCUT2D eigenvalue weighted by atomic mass is 16.6. The maximum Gasteiger partial charge on any atom is 0.407 e. The van der Waals surface area contributed by atoms with Gasteiger partial charge in [0, 0.05) is 18.9 Å². The molecule has 1 aliphatic rings. The summed E-state index contributed by atoms with van der Waals surface area (Å²) in [6.45, 7) is 7.45. The van der Waals surface area contributed by atoms with Crippen LogP contribution in [0.2, 0.25) is 0 Å². The first-order valence-electron chi connectivity index (χ1n) is 6.81. The Morgan fingerprint density at radius 1 is 1.28 bits per heavy atom. The van der Waals surface area contributed by atoms with Crippen molar-refractivity contribution in [3.63, 3.8) is 0 Å². The number of hydrogen-bond acceptors (Lipinski definition) is 3. The fourth-order valence-electron chi connectivity index (χ4n) is 2.33. The van der Waals surface area contributed by atoms with Crippen molar-refractivity contribution >= 4 is 11.9 Å². The number of rotatable bonds is 4. The Hall–Kier alpha value is -1.06. The van der Waals surface area contributed by atoms with Gasteiger partial charge in [0.15, 0.2) is 0 Å². The molecule has 0 saturated heterocycles. The molecule has 1 aliphatic carbocycles. The molecule has 1 amide bonds. The Morgan fingerprint density at radius 2 is 1.94 bits per heavy atom. The van der Waals surface area contributed by atoms with Crippen molar-refractivity contribution in [1.82, 2.24) is 5.32 Å². The molecule has 2 atom stereocenters. The van der Waals surface area contributed by atoms with Crippen molar-refractivity contribution < 1.29 is 14.3 Å². The molecule has 0 heterocycles. The number of ketones is 1. The fraction of sp³-hybridized carbons (Fsp3) is 0.857. The third-order valence-corrected chi connectivity index (χ3v) is 3.17. The van der Waals surface area contributed by atoms with E-state index in [0.717, 1.165) is 19.3 Å². The van der Waals surface area contributed by atoms with E-state index in [4.69, 9.17) is 4.74 Å². The second-order valence-corrected chi connectivity index (χ2v) is 6.12. The first-order chi connectivity index (χ1) is 8.30. The number of alkyl carbamates (subject to hydrolysis) is 1. The van der Waals surface area contributed by atoms with Crippen molar-refractivity contribution in [2.45, 2.75) is 71.4 Å². The van der Waals surface area contributed by atoms with Crippen LogP contribution in [0.25, 0.3) is 0 Å². The predicted octanol–water partition coefficient (Wildman–Crippen LogP) is 3.05. The van der Waals surface area contributed by atoms with Crippen LogP contribution >= 0.6 is 0 Å². The summed E-state index contributed by atoms with van der Waals surface area (Å²) in [5, 5.41) is 2.88. The zero-order valence-corrected chi connectivity index (χ0v) is 11.9. The Kier molecular flexibility index (Phi) is 5.17. The Bertz CT molecular complexity index is 307. The topological polar surface area (TPSA) is 55.4 Å². The highest BCUT2D eigenvalue weighted by Crippen LogP contribution is 2.29. The monoisotopic (exact) mass is 255 g/mol. The average molecular weight is 255 g/mol. The number of carbonyl (C=O) groups excluding carboxylic acids is 2. The SMILES string of the molecule is CCC(=O)C[C@H]1CC[C@@H](NC(=O)OC(C)(C)C)C1. The van der Waals surface area contributed by atoms with Crippen LogP contribution in [0.1, 0.15) is 59.8 Å². The first kappa shape index (κ1) is 15.0.